The van der Waals surface area contributed by atoms with Crippen LogP contribution in [0.2, 0.25) is 5.02 Å². The van der Waals surface area contributed by atoms with Gasteiger partial charge in [0.25, 0.3) is 16.7 Å². The molecule has 1 unspecified atom stereocenters. The van der Waals surface area contributed by atoms with Crippen molar-refractivity contribution in [1.29, 1.82) is 0 Å². The van der Waals surface area contributed by atoms with Crippen LogP contribution in [0, 0.1) is 12.7 Å². The van der Waals surface area contributed by atoms with Gasteiger partial charge in [0.15, 0.2) is 17.5 Å². The third-order valence-corrected chi connectivity index (χ3v) is 17.8. The minimum absolute atomic E-state index is 0.0279. The summed E-state index contributed by atoms with van der Waals surface area (Å²) in [5, 5.41) is 18.4. The molecule has 0 saturated heterocycles. The SMILES string of the molecule is C[C@H](Nc1ncnc2cccnc12)c1cc2cccc(-c3cnn(C)c3)c2c(=O)n1-c1cccc(F)c1.C[C@H](Nc1ncnc2cccnc12)c1cc2cccc(Cl)c2c(=O)n1C1CC1.Cc1nsc2cc(C(C)Nc3ncnc4cccnc34)n(-c3ccccc3)c(=O)c12. The zero-order valence-corrected chi connectivity index (χ0v) is 53.4. The Bertz CT molecular complexity index is 5610. The van der Waals surface area contributed by atoms with Gasteiger partial charge < -0.3 is 20.5 Å². The van der Waals surface area contributed by atoms with E-state index in [1.165, 1.54) is 42.6 Å². The molecular weight excluding hydrogens is 1240 g/mol. The summed E-state index contributed by atoms with van der Waals surface area (Å²) >= 11 is 7.68. The Morgan fingerprint density at radius 3 is 1.62 bits per heavy atom. The number of aryl methyl sites for hydroxylation is 2. The van der Waals surface area contributed by atoms with Crippen LogP contribution < -0.4 is 32.6 Å². The molecule has 11 aromatic heterocycles. The van der Waals surface area contributed by atoms with Gasteiger partial charge in [0.1, 0.15) is 41.3 Å². The van der Waals surface area contributed by atoms with Gasteiger partial charge in [-0.1, -0.05) is 66.2 Å². The predicted molar refractivity (Wildman–Crippen MR) is 371 cm³/mol. The first-order valence-corrected chi connectivity index (χ1v) is 31.7. The lowest BCUT2D eigenvalue weighted by molar-refractivity contribution is 0.625. The third kappa shape index (κ3) is 12.0. The van der Waals surface area contributed by atoms with Crippen molar-refractivity contribution in [3.63, 3.8) is 0 Å². The minimum Gasteiger partial charge on any atom is -0.360 e. The molecule has 0 aliphatic heterocycles. The van der Waals surface area contributed by atoms with Crippen molar-refractivity contribution in [3.8, 4) is 22.5 Å². The van der Waals surface area contributed by atoms with Gasteiger partial charge in [0, 0.05) is 66.2 Å². The summed E-state index contributed by atoms with van der Waals surface area (Å²) in [6.07, 6.45) is 15.2. The number of benzene rings is 4. The van der Waals surface area contributed by atoms with Crippen molar-refractivity contribution in [2.45, 2.75) is 64.7 Å². The fourth-order valence-electron chi connectivity index (χ4n) is 11.9. The maximum Gasteiger partial charge on any atom is 0.266 e. The molecule has 95 heavy (non-hydrogen) atoms. The number of halogens is 2. The van der Waals surface area contributed by atoms with E-state index in [1.807, 2.05) is 155 Å². The van der Waals surface area contributed by atoms with Gasteiger partial charge in [-0.25, -0.2) is 34.3 Å². The van der Waals surface area contributed by atoms with Crippen molar-refractivity contribution in [3.05, 3.63) is 260 Å². The topological polar surface area (TPSA) is 249 Å². The molecule has 11 heterocycles. The van der Waals surface area contributed by atoms with E-state index in [0.717, 1.165) is 73.2 Å². The minimum atomic E-state index is -0.428. The molecule has 1 fully saturated rings. The molecule has 1 aliphatic rings. The van der Waals surface area contributed by atoms with Crippen LogP contribution in [-0.2, 0) is 7.05 Å². The number of nitrogens with zero attached hydrogens (tertiary/aromatic N) is 15. The highest BCUT2D eigenvalue weighted by molar-refractivity contribution is 7.13. The molecule has 24 heteroatoms. The van der Waals surface area contributed by atoms with Crippen LogP contribution in [0.5, 0.6) is 0 Å². The summed E-state index contributed by atoms with van der Waals surface area (Å²) in [6, 6.07) is 43.6. The number of hydrogen-bond donors (Lipinski definition) is 3. The number of hydrogen-bond acceptors (Lipinski definition) is 18. The van der Waals surface area contributed by atoms with Crippen molar-refractivity contribution >= 4 is 105 Å². The molecule has 15 aromatic rings. The molecule has 0 amide bonds. The molecule has 0 radical (unpaired) electrons. The Labute approximate surface area is 549 Å². The van der Waals surface area contributed by atoms with E-state index in [-0.39, 0.29) is 40.8 Å². The molecular formula is C71H58ClFN18O3S. The van der Waals surface area contributed by atoms with E-state index in [0.29, 0.717) is 72.1 Å². The second-order valence-corrected chi connectivity index (χ2v) is 24.2. The standard InChI is InChI=1S/C28H22FN7O.C22H18N6OS.C21H18ClN5O/c1-17(34-27-26-23(31-16-32-27)10-5-11-30-26)24-12-18-6-3-9-22(19-14-33-35(2)15-19)25(18)28(37)36(24)21-8-4-7-20(29)13-21;1-13(26-21-20-16(24-12-25-21)9-6-10-23-20)17-11-18-19(14(2)27-30-18)22(29)28(17)15-7-4-3-5-8-15;1-12(26-20-19-16(24-11-25-20)6-3-9-23-19)17-10-13-4-2-5-15(22)18(13)21(28)27(17)14-7-8-14/h3-17H,1-2H3,(H,31,32,34);3-13H,1-2H3,(H,24,25,26);2-6,9-12,14H,7-8H2,1H3,(H,24,25,26)/t17-;;12-/m0.0/s1. The van der Waals surface area contributed by atoms with Gasteiger partial charge in [-0.3, -0.25) is 43.2 Å². The molecule has 1 aliphatic carbocycles. The van der Waals surface area contributed by atoms with Crippen LogP contribution in [-0.4, -0.2) is 72.7 Å². The number of pyridine rings is 6. The van der Waals surface area contributed by atoms with E-state index in [4.69, 9.17) is 11.6 Å². The van der Waals surface area contributed by atoms with Gasteiger partial charge in [-0.15, -0.1) is 0 Å². The molecule has 0 bridgehead atoms. The van der Waals surface area contributed by atoms with E-state index >= 15 is 0 Å². The summed E-state index contributed by atoms with van der Waals surface area (Å²) < 4.78 is 26.5. The summed E-state index contributed by atoms with van der Waals surface area (Å²) in [4.78, 5) is 80.1. The van der Waals surface area contributed by atoms with E-state index < -0.39 is 5.82 Å². The molecule has 3 N–H and O–H groups in total. The number of para-hydroxylation sites is 1. The van der Waals surface area contributed by atoms with Crippen LogP contribution in [0.4, 0.5) is 21.8 Å². The smallest absolute Gasteiger partial charge is 0.266 e. The number of fused-ring (bicyclic) bond motifs is 6. The molecule has 16 rings (SSSR count). The Morgan fingerprint density at radius 1 is 0.537 bits per heavy atom. The largest absolute Gasteiger partial charge is 0.360 e. The highest BCUT2D eigenvalue weighted by Gasteiger charge is 2.30. The summed E-state index contributed by atoms with van der Waals surface area (Å²) in [5.74, 6) is 1.39. The van der Waals surface area contributed by atoms with E-state index in [9.17, 15) is 18.8 Å². The first-order chi connectivity index (χ1) is 46.3. The van der Waals surface area contributed by atoms with Crippen molar-refractivity contribution in [2.24, 2.45) is 7.05 Å². The zero-order valence-electron chi connectivity index (χ0n) is 51.8. The highest BCUT2D eigenvalue weighted by atomic mass is 35.5. The molecule has 470 valence electrons. The Kier molecular flexibility index (Phi) is 16.6. The number of rotatable bonds is 13. The number of nitrogens with one attached hydrogen (secondary N) is 3. The van der Waals surface area contributed by atoms with E-state index in [2.05, 4.69) is 76.3 Å². The van der Waals surface area contributed by atoms with Crippen LogP contribution in [0.3, 0.4) is 0 Å². The second-order valence-electron chi connectivity index (χ2n) is 23.0. The molecule has 21 nitrogen and oxygen atoms in total. The Morgan fingerprint density at radius 2 is 1.05 bits per heavy atom. The molecule has 1 saturated carbocycles. The fraction of sp³-hybridized carbons (Fsp3) is 0.155. The second kappa shape index (κ2) is 25.8. The zero-order chi connectivity index (χ0) is 65.4. The lowest BCUT2D eigenvalue weighted by Gasteiger charge is -2.22. The van der Waals surface area contributed by atoms with Crippen molar-refractivity contribution in [1.82, 2.24) is 72.7 Å². The van der Waals surface area contributed by atoms with Crippen LogP contribution >= 0.6 is 23.1 Å². The average Bonchev–Trinajstić information content (AvgIpc) is 1.75. The maximum atomic E-state index is 14.3. The number of anilines is 3. The first kappa shape index (κ1) is 61.0. The fourth-order valence-corrected chi connectivity index (χ4v) is 13.0. The van der Waals surface area contributed by atoms with Gasteiger partial charge >= 0.3 is 0 Å². The van der Waals surface area contributed by atoms with Gasteiger partial charge in [0.2, 0.25) is 0 Å². The lowest BCUT2D eigenvalue weighted by Crippen LogP contribution is -2.26. The normalized spacial score (nSPS) is 13.1. The van der Waals surface area contributed by atoms with Gasteiger partial charge in [-0.05, 0) is 159 Å². The quantitative estimate of drug-likeness (QED) is 0.0970. The summed E-state index contributed by atoms with van der Waals surface area (Å²) in [5.41, 5.74) is 9.89. The predicted octanol–water partition coefficient (Wildman–Crippen LogP) is 13.8. The Hall–Kier alpha value is -11.6. The highest BCUT2D eigenvalue weighted by Crippen LogP contribution is 2.39. The molecule has 4 aromatic carbocycles. The third-order valence-electron chi connectivity index (χ3n) is 16.6. The number of aromatic nitrogens is 15. The molecule has 3 atom stereocenters. The maximum absolute atomic E-state index is 14.3. The monoisotopic (exact) mass is 1300 g/mol. The average molecular weight is 1300 g/mol. The van der Waals surface area contributed by atoms with Gasteiger partial charge in [0.05, 0.1) is 78.1 Å². The van der Waals surface area contributed by atoms with Gasteiger partial charge in [-0.2, -0.15) is 9.47 Å². The molecule has 0 spiro atoms. The Balaban J connectivity index is 0.000000124. The summed E-state index contributed by atoms with van der Waals surface area (Å²) in [6.45, 7) is 7.83. The van der Waals surface area contributed by atoms with Crippen molar-refractivity contribution in [2.75, 3.05) is 16.0 Å². The lowest BCUT2D eigenvalue weighted by atomic mass is 9.99. The van der Waals surface area contributed by atoms with Crippen molar-refractivity contribution < 1.29 is 4.39 Å². The van der Waals surface area contributed by atoms with Crippen LogP contribution in [0.1, 0.15) is 80.6 Å². The van der Waals surface area contributed by atoms with E-state index in [1.54, 1.807) is 56.8 Å². The van der Waals surface area contributed by atoms with Crippen LogP contribution in [0.15, 0.2) is 210 Å². The first-order valence-electron chi connectivity index (χ1n) is 30.6. The van der Waals surface area contributed by atoms with Crippen LogP contribution in [0.25, 0.3) is 87.2 Å². The summed E-state index contributed by atoms with van der Waals surface area (Å²) in [7, 11) is 1.83.